The average Bonchev–Trinajstić information content (AvgIpc) is 2.55. The Kier molecular flexibility index (Phi) is 4.36. The summed E-state index contributed by atoms with van der Waals surface area (Å²) in [4.78, 5) is 24.3. The number of amides is 1. The zero-order chi connectivity index (χ0) is 17.3. The SMILES string of the molecule is C[C@@H](NC(=O)c1cc(=O)c2cc(F)ccc2o1)c1ccc(Cl)cc1. The fourth-order valence-corrected chi connectivity index (χ4v) is 2.47. The Hall–Kier alpha value is -2.66. The topological polar surface area (TPSA) is 59.3 Å². The second-order valence-electron chi connectivity index (χ2n) is 5.36. The molecule has 0 saturated carbocycles. The van der Waals surface area contributed by atoms with Gasteiger partial charge in [-0.05, 0) is 42.8 Å². The highest BCUT2D eigenvalue weighted by Gasteiger charge is 2.16. The lowest BCUT2D eigenvalue weighted by Gasteiger charge is -2.14. The third kappa shape index (κ3) is 3.31. The van der Waals surface area contributed by atoms with E-state index in [0.717, 1.165) is 17.7 Å². The maximum absolute atomic E-state index is 13.2. The van der Waals surface area contributed by atoms with Gasteiger partial charge in [0.15, 0.2) is 11.2 Å². The van der Waals surface area contributed by atoms with E-state index >= 15 is 0 Å². The van der Waals surface area contributed by atoms with Gasteiger partial charge in [-0.2, -0.15) is 0 Å². The van der Waals surface area contributed by atoms with Gasteiger partial charge in [-0.1, -0.05) is 23.7 Å². The molecule has 6 heteroatoms. The van der Waals surface area contributed by atoms with Crippen molar-refractivity contribution in [2.24, 2.45) is 0 Å². The van der Waals surface area contributed by atoms with Crippen LogP contribution in [0, 0.1) is 5.82 Å². The first kappa shape index (κ1) is 16.2. The molecule has 0 aliphatic carbocycles. The van der Waals surface area contributed by atoms with Crippen LogP contribution in [0.1, 0.15) is 29.1 Å². The number of halogens is 2. The van der Waals surface area contributed by atoms with Crippen LogP contribution in [-0.4, -0.2) is 5.91 Å². The second kappa shape index (κ2) is 6.45. The lowest BCUT2D eigenvalue weighted by Crippen LogP contribution is -2.27. The van der Waals surface area contributed by atoms with Crippen LogP contribution in [0.2, 0.25) is 5.02 Å². The molecule has 4 nitrogen and oxygen atoms in total. The third-order valence-corrected chi connectivity index (χ3v) is 3.88. The number of nitrogens with one attached hydrogen (secondary N) is 1. The monoisotopic (exact) mass is 345 g/mol. The predicted molar refractivity (Wildman–Crippen MR) is 89.8 cm³/mol. The number of hydrogen-bond acceptors (Lipinski definition) is 3. The van der Waals surface area contributed by atoms with E-state index in [1.807, 2.05) is 0 Å². The van der Waals surface area contributed by atoms with E-state index in [9.17, 15) is 14.0 Å². The molecule has 3 aromatic rings. The third-order valence-electron chi connectivity index (χ3n) is 3.63. The quantitative estimate of drug-likeness (QED) is 0.778. The van der Waals surface area contributed by atoms with Crippen LogP contribution in [0.15, 0.2) is 57.7 Å². The van der Waals surface area contributed by atoms with Crippen molar-refractivity contribution < 1.29 is 13.6 Å². The molecule has 3 rings (SSSR count). The Labute approximate surface area is 141 Å². The Bertz CT molecular complexity index is 966. The van der Waals surface area contributed by atoms with Crippen molar-refractivity contribution in [1.82, 2.24) is 5.32 Å². The molecule has 0 aliphatic heterocycles. The van der Waals surface area contributed by atoms with Crippen molar-refractivity contribution in [3.05, 3.63) is 80.9 Å². The van der Waals surface area contributed by atoms with E-state index < -0.39 is 17.2 Å². The van der Waals surface area contributed by atoms with Gasteiger partial charge < -0.3 is 9.73 Å². The van der Waals surface area contributed by atoms with Gasteiger partial charge in [0.1, 0.15) is 11.4 Å². The molecule has 1 amide bonds. The highest BCUT2D eigenvalue weighted by molar-refractivity contribution is 6.30. The Morgan fingerprint density at radius 3 is 2.58 bits per heavy atom. The van der Waals surface area contributed by atoms with E-state index in [1.54, 1.807) is 31.2 Å². The maximum Gasteiger partial charge on any atom is 0.287 e. The van der Waals surface area contributed by atoms with Gasteiger partial charge in [0.25, 0.3) is 5.91 Å². The van der Waals surface area contributed by atoms with Crippen molar-refractivity contribution >= 4 is 28.5 Å². The molecule has 0 radical (unpaired) electrons. The molecular weight excluding hydrogens is 333 g/mol. The maximum atomic E-state index is 13.2. The lowest BCUT2D eigenvalue weighted by atomic mass is 10.1. The summed E-state index contributed by atoms with van der Waals surface area (Å²) in [6.45, 7) is 1.80. The molecule has 0 spiro atoms. The number of fused-ring (bicyclic) bond motifs is 1. The van der Waals surface area contributed by atoms with Gasteiger partial charge in [0, 0.05) is 11.1 Å². The Morgan fingerprint density at radius 1 is 1.17 bits per heavy atom. The first-order chi connectivity index (χ1) is 11.4. The minimum Gasteiger partial charge on any atom is -0.451 e. The number of benzene rings is 2. The van der Waals surface area contributed by atoms with Crippen molar-refractivity contribution in [3.63, 3.8) is 0 Å². The molecule has 0 saturated heterocycles. The van der Waals surface area contributed by atoms with Crippen molar-refractivity contribution in [2.75, 3.05) is 0 Å². The molecule has 2 aromatic carbocycles. The van der Waals surface area contributed by atoms with Gasteiger partial charge in [0.05, 0.1) is 11.4 Å². The first-order valence-electron chi connectivity index (χ1n) is 7.24. The second-order valence-corrected chi connectivity index (χ2v) is 5.80. The summed E-state index contributed by atoms with van der Waals surface area (Å²) in [5, 5.41) is 3.44. The van der Waals surface area contributed by atoms with Crippen LogP contribution in [0.3, 0.4) is 0 Å². The largest absolute Gasteiger partial charge is 0.451 e. The fraction of sp³-hybridized carbons (Fsp3) is 0.111. The molecule has 0 aliphatic rings. The molecule has 1 aromatic heterocycles. The van der Waals surface area contributed by atoms with Crippen LogP contribution < -0.4 is 10.7 Å². The number of carbonyl (C=O) groups is 1. The molecule has 0 unspecified atom stereocenters. The fourth-order valence-electron chi connectivity index (χ4n) is 2.34. The minimum atomic E-state index is -0.539. The van der Waals surface area contributed by atoms with Crippen LogP contribution in [0.25, 0.3) is 11.0 Å². The van der Waals surface area contributed by atoms with E-state index in [0.29, 0.717) is 5.02 Å². The number of carbonyl (C=O) groups excluding carboxylic acids is 1. The smallest absolute Gasteiger partial charge is 0.287 e. The van der Waals surface area contributed by atoms with Crippen molar-refractivity contribution in [1.29, 1.82) is 0 Å². The minimum absolute atomic E-state index is 0.0947. The summed E-state index contributed by atoms with van der Waals surface area (Å²) >= 11 is 5.84. The van der Waals surface area contributed by atoms with Crippen LogP contribution in [-0.2, 0) is 0 Å². The summed E-state index contributed by atoms with van der Waals surface area (Å²) in [6, 6.07) is 11.4. The van der Waals surface area contributed by atoms with Crippen LogP contribution in [0.5, 0.6) is 0 Å². The van der Waals surface area contributed by atoms with Crippen molar-refractivity contribution in [3.8, 4) is 0 Å². The summed E-state index contributed by atoms with van der Waals surface area (Å²) in [5.74, 6) is -1.19. The van der Waals surface area contributed by atoms with Crippen molar-refractivity contribution in [2.45, 2.75) is 13.0 Å². The van der Waals surface area contributed by atoms with E-state index in [2.05, 4.69) is 5.32 Å². The highest BCUT2D eigenvalue weighted by Crippen LogP contribution is 2.18. The summed E-state index contributed by atoms with van der Waals surface area (Å²) in [6.07, 6.45) is 0. The summed E-state index contributed by atoms with van der Waals surface area (Å²) < 4.78 is 18.6. The summed E-state index contributed by atoms with van der Waals surface area (Å²) in [7, 11) is 0. The zero-order valence-corrected chi connectivity index (χ0v) is 13.4. The molecule has 0 fully saturated rings. The Morgan fingerprint density at radius 2 is 1.88 bits per heavy atom. The molecule has 24 heavy (non-hydrogen) atoms. The molecule has 1 atom stereocenters. The highest BCUT2D eigenvalue weighted by atomic mass is 35.5. The Balaban J connectivity index is 1.87. The van der Waals surface area contributed by atoms with Crippen LogP contribution in [0.4, 0.5) is 4.39 Å². The summed E-state index contributed by atoms with van der Waals surface area (Å²) in [5.41, 5.74) is 0.547. The number of hydrogen-bond donors (Lipinski definition) is 1. The molecule has 0 bridgehead atoms. The first-order valence-corrected chi connectivity index (χ1v) is 7.61. The van der Waals surface area contributed by atoms with Gasteiger partial charge in [-0.3, -0.25) is 9.59 Å². The molecular formula is C18H13ClFNO3. The number of rotatable bonds is 3. The van der Waals surface area contributed by atoms with Gasteiger partial charge in [0.2, 0.25) is 0 Å². The predicted octanol–water partition coefficient (Wildman–Crippen LogP) is 4.08. The van der Waals surface area contributed by atoms with E-state index in [-0.39, 0.29) is 22.8 Å². The normalized spacial score (nSPS) is 12.1. The molecule has 1 N–H and O–H groups in total. The standard InChI is InChI=1S/C18H13ClFNO3/c1-10(11-2-4-12(19)5-3-11)21-18(23)17-9-15(22)14-8-13(20)6-7-16(14)24-17/h2-10H,1H3,(H,21,23)/t10-/m1/s1. The lowest BCUT2D eigenvalue weighted by molar-refractivity contribution is 0.0912. The van der Waals surface area contributed by atoms with Gasteiger partial charge in [-0.25, -0.2) is 4.39 Å². The van der Waals surface area contributed by atoms with E-state index in [1.165, 1.54) is 12.1 Å². The average molecular weight is 346 g/mol. The molecule has 122 valence electrons. The van der Waals surface area contributed by atoms with E-state index in [4.69, 9.17) is 16.0 Å². The van der Waals surface area contributed by atoms with Crippen LogP contribution >= 0.6 is 11.6 Å². The zero-order valence-electron chi connectivity index (χ0n) is 12.7. The van der Waals surface area contributed by atoms with Gasteiger partial charge in [-0.15, -0.1) is 0 Å². The van der Waals surface area contributed by atoms with Gasteiger partial charge >= 0.3 is 0 Å². The molecule has 1 heterocycles.